The predicted octanol–water partition coefficient (Wildman–Crippen LogP) is 6.98. The third kappa shape index (κ3) is 3.38. The van der Waals surface area contributed by atoms with Gasteiger partial charge in [-0.3, -0.25) is 0 Å². The fourth-order valence-electron chi connectivity index (χ4n) is 8.96. The van der Waals surface area contributed by atoms with Gasteiger partial charge in [-0.15, -0.1) is 0 Å². The average molecular weight is 379 g/mol. The molecular formula is C26H40BO-. The molecule has 0 N–H and O–H groups in total. The third-order valence-corrected chi connectivity index (χ3v) is 10.4. The second kappa shape index (κ2) is 7.82. The van der Waals surface area contributed by atoms with Crippen LogP contribution in [0, 0.1) is 23.2 Å². The summed E-state index contributed by atoms with van der Waals surface area (Å²) in [6, 6.07) is 10.7. The third-order valence-electron chi connectivity index (χ3n) is 10.4. The fourth-order valence-corrected chi connectivity index (χ4v) is 8.96. The molecule has 1 aromatic carbocycles. The molecule has 2 aliphatic heterocycles. The van der Waals surface area contributed by atoms with Crippen molar-refractivity contribution in [3.8, 4) is 0 Å². The lowest BCUT2D eigenvalue weighted by Crippen LogP contribution is -2.58. The highest BCUT2D eigenvalue weighted by Crippen LogP contribution is 2.68. The Morgan fingerprint density at radius 3 is 2.29 bits per heavy atom. The van der Waals surface area contributed by atoms with E-state index < -0.39 is 0 Å². The summed E-state index contributed by atoms with van der Waals surface area (Å²) < 4.78 is 6.20. The van der Waals surface area contributed by atoms with Gasteiger partial charge in [-0.25, -0.2) is 0 Å². The van der Waals surface area contributed by atoms with Crippen LogP contribution in [0.1, 0.15) is 77.2 Å². The molecule has 2 heterocycles. The normalized spacial score (nSPS) is 41.3. The summed E-state index contributed by atoms with van der Waals surface area (Å²) in [4.78, 5) is 0. The predicted molar refractivity (Wildman–Crippen MR) is 120 cm³/mol. The quantitative estimate of drug-likeness (QED) is 0.383. The largest absolute Gasteiger partial charge is 0.377 e. The topological polar surface area (TPSA) is 9.23 Å². The van der Waals surface area contributed by atoms with E-state index in [1.54, 1.807) is 32.1 Å². The van der Waals surface area contributed by atoms with E-state index in [0.29, 0.717) is 5.41 Å². The molecule has 5 aliphatic rings. The molecule has 6 rings (SSSR count). The summed E-state index contributed by atoms with van der Waals surface area (Å²) >= 11 is 0. The molecule has 4 atom stereocenters. The van der Waals surface area contributed by atoms with E-state index in [4.69, 9.17) is 4.74 Å². The Morgan fingerprint density at radius 1 is 0.964 bits per heavy atom. The molecule has 3 saturated carbocycles. The minimum atomic E-state index is 0.0512. The first-order valence-corrected chi connectivity index (χ1v) is 12.5. The summed E-state index contributed by atoms with van der Waals surface area (Å²) in [6.07, 6.45) is 13.8. The lowest BCUT2D eigenvalue weighted by atomic mass is 9.18. The SMILES string of the molecule is CC1(C)[C@@H]2C[C@H]([BH-]3C4CCCC3CCC4)[C@@H](CCOCc3ccccc3)[C@H]1C2. The molecule has 154 valence electrons. The maximum absolute atomic E-state index is 6.20. The van der Waals surface area contributed by atoms with Crippen molar-refractivity contribution in [2.75, 3.05) is 6.61 Å². The number of hydrogen-bond donors (Lipinski definition) is 0. The minimum Gasteiger partial charge on any atom is -0.377 e. The van der Waals surface area contributed by atoms with Crippen LogP contribution in [-0.4, -0.2) is 13.3 Å². The van der Waals surface area contributed by atoms with E-state index in [2.05, 4.69) is 44.2 Å². The van der Waals surface area contributed by atoms with Crippen molar-refractivity contribution in [2.24, 2.45) is 23.2 Å². The standard InChI is InChI=1S/C26H40BO/c1-26(2)20-16-24(26)23(14-15-28-18-19-8-4-3-5-9-19)25(17-20)27-21-10-6-11-22(27)13-7-12-21/h3-5,8-9,20-25,27H,6-7,10-18H2,1-2H3/q-1/t20-,21?,22?,23-,24+,25-,27?/m0/s1. The molecule has 1 aromatic rings. The van der Waals surface area contributed by atoms with E-state index in [0.717, 1.165) is 48.4 Å². The molecule has 3 aliphatic carbocycles. The summed E-state index contributed by atoms with van der Waals surface area (Å²) in [5.41, 5.74) is 1.92. The van der Waals surface area contributed by atoms with E-state index in [-0.39, 0.29) is 6.71 Å². The van der Waals surface area contributed by atoms with Crippen LogP contribution in [0.5, 0.6) is 0 Å². The Morgan fingerprint density at radius 2 is 1.64 bits per heavy atom. The monoisotopic (exact) mass is 379 g/mol. The number of ether oxygens (including phenoxy) is 1. The van der Waals surface area contributed by atoms with Crippen LogP contribution in [0.15, 0.2) is 30.3 Å². The maximum atomic E-state index is 6.20. The molecule has 28 heavy (non-hydrogen) atoms. The molecule has 0 radical (unpaired) electrons. The first kappa shape index (κ1) is 19.2. The molecule has 5 fully saturated rings. The van der Waals surface area contributed by atoms with Gasteiger partial charge < -0.3 is 4.74 Å². The highest BCUT2D eigenvalue weighted by atomic mass is 16.5. The molecule has 2 saturated heterocycles. The van der Waals surface area contributed by atoms with Crippen molar-refractivity contribution < 1.29 is 4.74 Å². The van der Waals surface area contributed by atoms with Crippen molar-refractivity contribution in [3.63, 3.8) is 0 Å². The fraction of sp³-hybridized carbons (Fsp3) is 0.769. The molecule has 0 spiro atoms. The van der Waals surface area contributed by atoms with E-state index in [1.165, 1.54) is 31.2 Å². The van der Waals surface area contributed by atoms with Crippen molar-refractivity contribution in [2.45, 2.75) is 95.7 Å². The van der Waals surface area contributed by atoms with Crippen LogP contribution < -0.4 is 0 Å². The van der Waals surface area contributed by atoms with Gasteiger partial charge in [0.1, 0.15) is 0 Å². The van der Waals surface area contributed by atoms with Gasteiger partial charge in [-0.05, 0) is 42.4 Å². The van der Waals surface area contributed by atoms with Gasteiger partial charge >= 0.3 is 0 Å². The Kier molecular flexibility index (Phi) is 5.37. The van der Waals surface area contributed by atoms with E-state index in [1.807, 2.05) is 0 Å². The van der Waals surface area contributed by atoms with E-state index >= 15 is 0 Å². The van der Waals surface area contributed by atoms with Gasteiger partial charge in [0, 0.05) is 6.61 Å². The zero-order chi connectivity index (χ0) is 19.1. The van der Waals surface area contributed by atoms with Crippen molar-refractivity contribution in [3.05, 3.63) is 35.9 Å². The highest BCUT2D eigenvalue weighted by molar-refractivity contribution is 6.64. The Bertz CT molecular complexity index is 634. The van der Waals surface area contributed by atoms with Crippen LogP contribution in [0.4, 0.5) is 0 Å². The Hall–Kier alpha value is -0.755. The lowest BCUT2D eigenvalue weighted by molar-refractivity contribution is -0.112. The average Bonchev–Trinajstić information content (AvgIpc) is 2.71. The lowest BCUT2D eigenvalue weighted by Gasteiger charge is -2.68. The summed E-state index contributed by atoms with van der Waals surface area (Å²) in [7, 11) is 0. The Balaban J connectivity index is 1.26. The van der Waals surface area contributed by atoms with Gasteiger partial charge in [-0.2, -0.15) is 17.5 Å². The van der Waals surface area contributed by atoms with Gasteiger partial charge in [-0.1, -0.05) is 95.0 Å². The van der Waals surface area contributed by atoms with Crippen molar-refractivity contribution >= 4 is 6.71 Å². The van der Waals surface area contributed by atoms with Gasteiger partial charge in [0.25, 0.3) is 0 Å². The Labute approximate surface area is 173 Å². The molecule has 2 heteroatoms. The van der Waals surface area contributed by atoms with Crippen LogP contribution in [-0.2, 0) is 11.3 Å². The smallest absolute Gasteiger partial charge is 0.0716 e. The number of fused-ring (bicyclic) bond motifs is 5. The maximum Gasteiger partial charge on any atom is 0.0716 e. The van der Waals surface area contributed by atoms with Crippen LogP contribution in [0.2, 0.25) is 17.5 Å². The van der Waals surface area contributed by atoms with Gasteiger partial charge in [0.2, 0.25) is 0 Å². The molecule has 0 unspecified atom stereocenters. The zero-order valence-corrected chi connectivity index (χ0v) is 18.2. The number of benzene rings is 1. The molecule has 1 nitrogen and oxygen atoms in total. The van der Waals surface area contributed by atoms with Crippen molar-refractivity contribution in [1.29, 1.82) is 0 Å². The van der Waals surface area contributed by atoms with Gasteiger partial charge in [0.05, 0.1) is 6.61 Å². The summed E-state index contributed by atoms with van der Waals surface area (Å²) in [6.45, 7) is 6.97. The second-order valence-electron chi connectivity index (χ2n) is 11.6. The summed E-state index contributed by atoms with van der Waals surface area (Å²) in [5.74, 6) is 6.34. The number of rotatable bonds is 6. The first-order valence-electron chi connectivity index (χ1n) is 12.5. The van der Waals surface area contributed by atoms with Gasteiger partial charge in [0.15, 0.2) is 0 Å². The summed E-state index contributed by atoms with van der Waals surface area (Å²) in [5, 5.41) is 0. The van der Waals surface area contributed by atoms with E-state index in [9.17, 15) is 0 Å². The van der Waals surface area contributed by atoms with Crippen LogP contribution in [0.3, 0.4) is 0 Å². The molecule has 4 bridgehead atoms. The van der Waals surface area contributed by atoms with Crippen LogP contribution >= 0.6 is 0 Å². The van der Waals surface area contributed by atoms with Crippen LogP contribution in [0.25, 0.3) is 0 Å². The molecule has 0 amide bonds. The molecule has 0 aromatic heterocycles. The second-order valence-corrected chi connectivity index (χ2v) is 11.6. The minimum absolute atomic E-state index is 0.0512. The molecular weight excluding hydrogens is 339 g/mol. The zero-order valence-electron chi connectivity index (χ0n) is 18.2. The highest BCUT2D eigenvalue weighted by Gasteiger charge is 2.57. The number of hydrogen-bond acceptors (Lipinski definition) is 1. The first-order chi connectivity index (χ1) is 13.6. The van der Waals surface area contributed by atoms with Crippen molar-refractivity contribution in [1.82, 2.24) is 0 Å².